The van der Waals surface area contributed by atoms with Gasteiger partial charge >= 0.3 is 0 Å². The van der Waals surface area contributed by atoms with Crippen LogP contribution in [0.1, 0.15) is 18.4 Å². The maximum Gasteiger partial charge on any atom is 0.252 e. The fourth-order valence-electron chi connectivity index (χ4n) is 2.74. The van der Waals surface area contributed by atoms with E-state index in [4.69, 9.17) is 0 Å². The molecule has 2 aliphatic heterocycles. The highest BCUT2D eigenvalue weighted by Gasteiger charge is 2.40. The third-order valence-electron chi connectivity index (χ3n) is 3.89. The van der Waals surface area contributed by atoms with Gasteiger partial charge in [-0.05, 0) is 40.9 Å². The molecule has 20 heavy (non-hydrogen) atoms. The summed E-state index contributed by atoms with van der Waals surface area (Å²) in [6.07, 6.45) is 1.31. The minimum atomic E-state index is -3.44. The van der Waals surface area contributed by atoms with Crippen LogP contribution in [0.15, 0.2) is 14.1 Å². The Morgan fingerprint density at radius 2 is 2.15 bits per heavy atom. The highest BCUT2D eigenvalue weighted by molar-refractivity contribution is 9.11. The lowest BCUT2D eigenvalue weighted by atomic mass is 10.2. The molecule has 3 rings (SSSR count). The number of aryl methyl sites for hydroxylation is 1. The van der Waals surface area contributed by atoms with Crippen LogP contribution in [-0.4, -0.2) is 49.2 Å². The number of hydrogen-bond donors (Lipinski definition) is 0. The fourth-order valence-corrected chi connectivity index (χ4v) is 6.59. The zero-order chi connectivity index (χ0) is 14.5. The molecule has 5 nitrogen and oxygen atoms in total. The molecule has 0 aliphatic carbocycles. The van der Waals surface area contributed by atoms with Gasteiger partial charge in [-0.1, -0.05) is 0 Å². The van der Waals surface area contributed by atoms with E-state index in [0.717, 1.165) is 15.8 Å². The second-order valence-corrected chi connectivity index (χ2v) is 9.70. The molecular weight excluding hydrogens is 364 g/mol. The van der Waals surface area contributed by atoms with Crippen molar-refractivity contribution in [2.45, 2.75) is 30.0 Å². The van der Waals surface area contributed by atoms with Crippen molar-refractivity contribution in [1.29, 1.82) is 0 Å². The van der Waals surface area contributed by atoms with E-state index in [2.05, 4.69) is 15.9 Å². The van der Waals surface area contributed by atoms with Gasteiger partial charge in [-0.15, -0.1) is 11.3 Å². The molecule has 8 heteroatoms. The highest BCUT2D eigenvalue weighted by Crippen LogP contribution is 2.34. The number of hydrogen-bond acceptors (Lipinski definition) is 4. The van der Waals surface area contributed by atoms with Crippen molar-refractivity contribution in [2.24, 2.45) is 0 Å². The summed E-state index contributed by atoms with van der Waals surface area (Å²) < 4.78 is 28.0. The summed E-state index contributed by atoms with van der Waals surface area (Å²) in [5, 5.41) is 0. The maximum atomic E-state index is 12.6. The van der Waals surface area contributed by atoms with Crippen molar-refractivity contribution in [3.8, 4) is 0 Å². The monoisotopic (exact) mass is 378 g/mol. The van der Waals surface area contributed by atoms with Gasteiger partial charge in [0.2, 0.25) is 5.91 Å². The molecule has 0 aromatic carbocycles. The second-order valence-electron chi connectivity index (χ2n) is 5.16. The van der Waals surface area contributed by atoms with Gasteiger partial charge in [0.05, 0.1) is 3.79 Å². The Kier molecular flexibility index (Phi) is 3.68. The van der Waals surface area contributed by atoms with Gasteiger partial charge in [-0.25, -0.2) is 8.42 Å². The van der Waals surface area contributed by atoms with Gasteiger partial charge in [0, 0.05) is 32.1 Å². The molecule has 0 saturated carbocycles. The quantitative estimate of drug-likeness (QED) is 0.788. The SMILES string of the molecule is Cc1cc(S(=O)(=O)N2CCN3C(=O)CCC3C2)sc1Br. The van der Waals surface area contributed by atoms with E-state index < -0.39 is 10.0 Å². The van der Waals surface area contributed by atoms with E-state index in [9.17, 15) is 13.2 Å². The third-order valence-corrected chi connectivity index (χ3v) is 8.34. The van der Waals surface area contributed by atoms with Crippen LogP contribution in [0, 0.1) is 6.92 Å². The number of carbonyl (C=O) groups excluding carboxylic acids is 1. The molecule has 0 spiro atoms. The zero-order valence-electron chi connectivity index (χ0n) is 11.0. The Balaban J connectivity index is 1.84. The lowest BCUT2D eigenvalue weighted by Gasteiger charge is -2.36. The van der Waals surface area contributed by atoms with Crippen molar-refractivity contribution in [1.82, 2.24) is 9.21 Å². The molecule has 1 unspecified atom stereocenters. The summed E-state index contributed by atoms with van der Waals surface area (Å²) in [5.74, 6) is 0.154. The maximum absolute atomic E-state index is 12.6. The minimum Gasteiger partial charge on any atom is -0.337 e. The van der Waals surface area contributed by atoms with Crippen molar-refractivity contribution in [2.75, 3.05) is 19.6 Å². The first kappa shape index (κ1) is 14.5. The first-order valence-corrected chi connectivity index (χ1v) is 9.50. The third kappa shape index (κ3) is 2.32. The van der Waals surface area contributed by atoms with Crippen molar-refractivity contribution < 1.29 is 13.2 Å². The van der Waals surface area contributed by atoms with E-state index >= 15 is 0 Å². The molecule has 0 N–H and O–H groups in total. The molecule has 2 fully saturated rings. The predicted molar refractivity (Wildman–Crippen MR) is 80.2 cm³/mol. The Hall–Kier alpha value is -0.440. The Morgan fingerprint density at radius 1 is 1.40 bits per heavy atom. The summed E-state index contributed by atoms with van der Waals surface area (Å²) in [4.78, 5) is 13.5. The number of nitrogens with zero attached hydrogens (tertiary/aromatic N) is 2. The molecule has 1 atom stereocenters. The normalized spacial score (nSPS) is 24.2. The van der Waals surface area contributed by atoms with Gasteiger partial charge < -0.3 is 4.90 Å². The predicted octanol–water partition coefficient (Wildman–Crippen LogP) is 1.81. The van der Waals surface area contributed by atoms with Crippen molar-refractivity contribution in [3.05, 3.63) is 15.4 Å². The number of fused-ring (bicyclic) bond motifs is 1. The average molecular weight is 379 g/mol. The number of sulfonamides is 1. The summed E-state index contributed by atoms with van der Waals surface area (Å²) in [6, 6.07) is 1.76. The Morgan fingerprint density at radius 3 is 2.80 bits per heavy atom. The standard InChI is InChI=1S/C12H15BrN2O3S2/c1-8-6-11(19-12(8)13)20(17,18)14-4-5-15-9(7-14)2-3-10(15)16/h6,9H,2-5,7H2,1H3. The minimum absolute atomic E-state index is 0.0514. The Bertz CT molecular complexity index is 636. The summed E-state index contributed by atoms with van der Waals surface area (Å²) in [5.41, 5.74) is 0.934. The van der Waals surface area contributed by atoms with E-state index in [1.807, 2.05) is 11.8 Å². The molecular formula is C12H15BrN2O3S2. The first-order valence-electron chi connectivity index (χ1n) is 6.45. The van der Waals surface area contributed by atoms with Crippen LogP contribution in [0.4, 0.5) is 0 Å². The molecule has 1 aromatic rings. The highest BCUT2D eigenvalue weighted by atomic mass is 79.9. The number of thiophene rings is 1. The van der Waals surface area contributed by atoms with Gasteiger partial charge in [0.25, 0.3) is 10.0 Å². The number of rotatable bonds is 2. The van der Waals surface area contributed by atoms with Gasteiger partial charge in [-0.2, -0.15) is 4.31 Å². The number of amides is 1. The molecule has 3 heterocycles. The molecule has 0 radical (unpaired) electrons. The number of carbonyl (C=O) groups is 1. The van der Waals surface area contributed by atoms with E-state index in [1.165, 1.54) is 15.6 Å². The summed E-state index contributed by atoms with van der Waals surface area (Å²) in [7, 11) is -3.44. The van der Waals surface area contributed by atoms with Crippen LogP contribution in [-0.2, 0) is 14.8 Å². The topological polar surface area (TPSA) is 57.7 Å². The van der Waals surface area contributed by atoms with Crippen molar-refractivity contribution >= 4 is 43.2 Å². The Labute approximate surface area is 130 Å². The lowest BCUT2D eigenvalue weighted by Crippen LogP contribution is -2.52. The van der Waals surface area contributed by atoms with Crippen LogP contribution in [0.5, 0.6) is 0 Å². The summed E-state index contributed by atoms with van der Waals surface area (Å²) >= 11 is 4.62. The van der Waals surface area contributed by atoms with E-state index in [-0.39, 0.29) is 11.9 Å². The number of piperazine rings is 1. The first-order chi connectivity index (χ1) is 9.39. The van der Waals surface area contributed by atoms with E-state index in [1.54, 1.807) is 6.07 Å². The molecule has 2 aliphatic rings. The summed E-state index contributed by atoms with van der Waals surface area (Å²) in [6.45, 7) is 3.20. The lowest BCUT2D eigenvalue weighted by molar-refractivity contribution is -0.130. The van der Waals surface area contributed by atoms with Gasteiger partial charge in [-0.3, -0.25) is 4.79 Å². The molecule has 1 aromatic heterocycles. The largest absolute Gasteiger partial charge is 0.337 e. The zero-order valence-corrected chi connectivity index (χ0v) is 14.2. The van der Waals surface area contributed by atoms with Crippen molar-refractivity contribution in [3.63, 3.8) is 0 Å². The molecule has 2 saturated heterocycles. The number of halogens is 1. The van der Waals surface area contributed by atoms with Crippen LogP contribution < -0.4 is 0 Å². The van der Waals surface area contributed by atoms with Gasteiger partial charge in [0.1, 0.15) is 4.21 Å². The van der Waals surface area contributed by atoms with Crippen LogP contribution >= 0.6 is 27.3 Å². The van der Waals surface area contributed by atoms with Crippen LogP contribution in [0.2, 0.25) is 0 Å². The van der Waals surface area contributed by atoms with Crippen LogP contribution in [0.25, 0.3) is 0 Å². The smallest absolute Gasteiger partial charge is 0.252 e. The molecule has 110 valence electrons. The second kappa shape index (κ2) is 5.08. The van der Waals surface area contributed by atoms with Crippen LogP contribution in [0.3, 0.4) is 0 Å². The van der Waals surface area contributed by atoms with Gasteiger partial charge in [0.15, 0.2) is 0 Å². The average Bonchev–Trinajstić information content (AvgIpc) is 2.94. The van der Waals surface area contributed by atoms with E-state index in [0.29, 0.717) is 30.3 Å². The molecule has 0 bridgehead atoms. The molecule has 1 amide bonds. The fraction of sp³-hybridized carbons (Fsp3) is 0.583.